The minimum Gasteiger partial charge on any atom is -0.366 e. The van der Waals surface area contributed by atoms with Gasteiger partial charge in [0.25, 0.3) is 0 Å². The summed E-state index contributed by atoms with van der Waals surface area (Å²) in [7, 11) is -3.36. The Bertz CT molecular complexity index is 641. The summed E-state index contributed by atoms with van der Waals surface area (Å²) in [6, 6.07) is -0.0858. The zero-order valence-corrected chi connectivity index (χ0v) is 19.2. The van der Waals surface area contributed by atoms with E-state index in [0.717, 1.165) is 18.5 Å². The van der Waals surface area contributed by atoms with Crippen LogP contribution < -0.4 is 10.6 Å². The molecule has 28 heavy (non-hydrogen) atoms. The van der Waals surface area contributed by atoms with E-state index in [2.05, 4.69) is 17.2 Å². The molecule has 1 aliphatic rings. The second kappa shape index (κ2) is 11.0. The van der Waals surface area contributed by atoms with Crippen LogP contribution in [0.5, 0.6) is 0 Å². The fraction of sp³-hybridized carbons (Fsp3) is 0.773. The van der Waals surface area contributed by atoms with Crippen molar-refractivity contribution < 1.29 is 13.2 Å². The van der Waals surface area contributed by atoms with Crippen LogP contribution in [0.4, 0.5) is 0 Å². The van der Waals surface area contributed by atoms with Crippen molar-refractivity contribution in [3.63, 3.8) is 0 Å². The van der Waals surface area contributed by atoms with E-state index in [1.54, 1.807) is 27.0 Å². The van der Waals surface area contributed by atoms with Crippen LogP contribution in [0.2, 0.25) is 0 Å². The lowest BCUT2D eigenvalue weighted by molar-refractivity contribution is -0.125. The van der Waals surface area contributed by atoms with Gasteiger partial charge in [-0.25, -0.2) is 8.42 Å². The Balaban J connectivity index is 2.86. The number of hydrogen-bond acceptors (Lipinski definition) is 4. The highest BCUT2D eigenvalue weighted by atomic mass is 32.2. The van der Waals surface area contributed by atoms with Gasteiger partial charge in [-0.1, -0.05) is 44.8 Å². The summed E-state index contributed by atoms with van der Waals surface area (Å²) in [6.07, 6.45) is 10.7. The molecule has 5 nitrogen and oxygen atoms in total. The van der Waals surface area contributed by atoms with Gasteiger partial charge in [-0.15, -0.1) is 0 Å². The topological polar surface area (TPSA) is 75.3 Å². The van der Waals surface area contributed by atoms with E-state index in [-0.39, 0.29) is 17.7 Å². The van der Waals surface area contributed by atoms with Crippen LogP contribution >= 0.6 is 0 Å². The van der Waals surface area contributed by atoms with E-state index in [1.165, 1.54) is 19.3 Å². The van der Waals surface area contributed by atoms with Gasteiger partial charge in [-0.3, -0.25) is 4.79 Å². The second-order valence-corrected chi connectivity index (χ2v) is 11.9. The van der Waals surface area contributed by atoms with Crippen molar-refractivity contribution in [3.8, 4) is 0 Å². The van der Waals surface area contributed by atoms with Gasteiger partial charge >= 0.3 is 0 Å². The first-order valence-corrected chi connectivity index (χ1v) is 12.2. The lowest BCUT2D eigenvalue weighted by atomic mass is 9.83. The Morgan fingerprint density at radius 1 is 1.21 bits per heavy atom. The summed E-state index contributed by atoms with van der Waals surface area (Å²) >= 11 is 0. The molecule has 0 spiro atoms. The lowest BCUT2D eigenvalue weighted by Gasteiger charge is -2.29. The van der Waals surface area contributed by atoms with Gasteiger partial charge in [0, 0.05) is 18.2 Å². The highest BCUT2D eigenvalue weighted by molar-refractivity contribution is 7.92. The van der Waals surface area contributed by atoms with Crippen LogP contribution in [0.1, 0.15) is 79.6 Å². The minimum atomic E-state index is -3.36. The minimum absolute atomic E-state index is 0.0765. The third kappa shape index (κ3) is 7.98. The van der Waals surface area contributed by atoms with Gasteiger partial charge in [0.05, 0.1) is 16.4 Å². The fourth-order valence-corrected chi connectivity index (χ4v) is 5.04. The number of rotatable bonds is 10. The molecular formula is C22H40N2O3S. The predicted octanol–water partition coefficient (Wildman–Crippen LogP) is 4.32. The molecule has 1 aliphatic carbocycles. The van der Waals surface area contributed by atoms with Gasteiger partial charge in [0.15, 0.2) is 9.84 Å². The lowest BCUT2D eigenvalue weighted by Crippen LogP contribution is -2.43. The SMILES string of the molecule is C=CN/C(=C\C)CC(C)NC(=O)C(CC1CCCCC1)CS(=O)(=O)C(C)(C)C. The molecule has 2 atom stereocenters. The number of allylic oxidation sites excluding steroid dienone is 1. The normalized spacial score (nSPS) is 19.0. The molecule has 0 aromatic rings. The molecule has 0 aromatic carbocycles. The van der Waals surface area contributed by atoms with Gasteiger partial charge in [-0.05, 0) is 53.2 Å². The highest BCUT2D eigenvalue weighted by Gasteiger charge is 2.35. The summed E-state index contributed by atoms with van der Waals surface area (Å²) in [5.41, 5.74) is 0.981. The molecule has 0 saturated heterocycles. The van der Waals surface area contributed by atoms with Crippen LogP contribution in [0.15, 0.2) is 24.6 Å². The van der Waals surface area contributed by atoms with E-state index >= 15 is 0 Å². The molecule has 6 heteroatoms. The Labute approximate surface area is 172 Å². The molecule has 1 rings (SSSR count). The Hall–Kier alpha value is -1.30. The van der Waals surface area contributed by atoms with Crippen LogP contribution in [-0.4, -0.2) is 30.9 Å². The highest BCUT2D eigenvalue weighted by Crippen LogP contribution is 2.31. The second-order valence-electron chi connectivity index (χ2n) is 9.11. The number of nitrogens with one attached hydrogen (secondary N) is 2. The van der Waals surface area contributed by atoms with E-state index in [1.807, 2.05) is 19.9 Å². The van der Waals surface area contributed by atoms with Crippen molar-refractivity contribution in [2.45, 2.75) is 90.4 Å². The molecule has 0 radical (unpaired) electrons. The Morgan fingerprint density at radius 3 is 2.32 bits per heavy atom. The first-order valence-electron chi connectivity index (χ1n) is 10.6. The maximum atomic E-state index is 13.0. The smallest absolute Gasteiger partial charge is 0.224 e. The summed E-state index contributed by atoms with van der Waals surface area (Å²) in [4.78, 5) is 13.0. The largest absolute Gasteiger partial charge is 0.366 e. The Kier molecular flexibility index (Phi) is 9.75. The zero-order valence-electron chi connectivity index (χ0n) is 18.4. The molecule has 0 bridgehead atoms. The van der Waals surface area contributed by atoms with Crippen molar-refractivity contribution in [1.29, 1.82) is 0 Å². The molecule has 2 N–H and O–H groups in total. The molecule has 1 saturated carbocycles. The van der Waals surface area contributed by atoms with Crippen molar-refractivity contribution in [2.24, 2.45) is 11.8 Å². The molecule has 2 unspecified atom stereocenters. The average Bonchev–Trinajstić information content (AvgIpc) is 2.60. The van der Waals surface area contributed by atoms with Crippen molar-refractivity contribution >= 4 is 15.7 Å². The van der Waals surface area contributed by atoms with Crippen LogP contribution in [0.3, 0.4) is 0 Å². The average molecular weight is 413 g/mol. The molecule has 162 valence electrons. The first kappa shape index (κ1) is 24.7. The quantitative estimate of drug-likeness (QED) is 0.560. The Morgan fingerprint density at radius 2 is 1.82 bits per heavy atom. The third-order valence-electron chi connectivity index (χ3n) is 5.62. The van der Waals surface area contributed by atoms with Gasteiger partial charge in [-0.2, -0.15) is 0 Å². The van der Waals surface area contributed by atoms with E-state index in [9.17, 15) is 13.2 Å². The van der Waals surface area contributed by atoms with Crippen LogP contribution in [-0.2, 0) is 14.6 Å². The standard InChI is InChI=1S/C22H40N2O3S/c1-7-20(23-8-2)14-17(3)24-21(25)19(15-18-12-10-9-11-13-18)16-28(26,27)22(4,5)6/h7-8,17-19,23H,2,9-16H2,1,3-6H3,(H,24,25)/b20-7-. The monoisotopic (exact) mass is 412 g/mol. The van der Waals surface area contributed by atoms with E-state index in [0.29, 0.717) is 18.8 Å². The predicted molar refractivity (Wildman–Crippen MR) is 118 cm³/mol. The number of amides is 1. The number of sulfone groups is 1. The molecule has 1 amide bonds. The number of carbonyl (C=O) groups is 1. The number of carbonyl (C=O) groups excluding carboxylic acids is 1. The van der Waals surface area contributed by atoms with E-state index < -0.39 is 20.5 Å². The zero-order chi connectivity index (χ0) is 21.4. The molecular weight excluding hydrogens is 372 g/mol. The van der Waals surface area contributed by atoms with Gasteiger partial charge < -0.3 is 10.6 Å². The van der Waals surface area contributed by atoms with E-state index in [4.69, 9.17) is 0 Å². The summed E-state index contributed by atoms with van der Waals surface area (Å²) in [5.74, 6) is -0.257. The summed E-state index contributed by atoms with van der Waals surface area (Å²) in [6.45, 7) is 12.7. The summed E-state index contributed by atoms with van der Waals surface area (Å²) < 4.78 is 24.7. The van der Waals surface area contributed by atoms with Crippen molar-refractivity contribution in [1.82, 2.24) is 10.6 Å². The fourth-order valence-electron chi connectivity index (χ4n) is 3.72. The maximum absolute atomic E-state index is 13.0. The summed E-state index contributed by atoms with van der Waals surface area (Å²) in [5, 5.41) is 6.12. The van der Waals surface area contributed by atoms with Crippen LogP contribution in [0, 0.1) is 11.8 Å². The molecule has 0 aliphatic heterocycles. The van der Waals surface area contributed by atoms with Gasteiger partial charge in [0.2, 0.25) is 5.91 Å². The first-order chi connectivity index (χ1) is 13.0. The van der Waals surface area contributed by atoms with Crippen molar-refractivity contribution in [3.05, 3.63) is 24.6 Å². The molecule has 1 fully saturated rings. The molecule has 0 heterocycles. The van der Waals surface area contributed by atoms with Crippen molar-refractivity contribution in [2.75, 3.05) is 5.75 Å². The number of hydrogen-bond donors (Lipinski definition) is 2. The maximum Gasteiger partial charge on any atom is 0.224 e. The van der Waals surface area contributed by atoms with Gasteiger partial charge in [0.1, 0.15) is 0 Å². The third-order valence-corrected chi connectivity index (χ3v) is 8.32. The van der Waals surface area contributed by atoms with Crippen LogP contribution in [0.25, 0.3) is 0 Å². The molecule has 0 aromatic heterocycles.